The van der Waals surface area contributed by atoms with Crippen LogP contribution in [0.15, 0.2) is 48.5 Å². The highest BCUT2D eigenvalue weighted by Crippen LogP contribution is 2.25. The average molecular weight is 434 g/mol. The molecule has 6 nitrogen and oxygen atoms in total. The molecule has 4 rings (SSSR count). The Balaban J connectivity index is 1.41. The van der Waals surface area contributed by atoms with Crippen LogP contribution in [0.3, 0.4) is 0 Å². The van der Waals surface area contributed by atoms with Crippen LogP contribution in [0.25, 0.3) is 0 Å². The Morgan fingerprint density at radius 3 is 1.88 bits per heavy atom. The van der Waals surface area contributed by atoms with Crippen LogP contribution in [0.2, 0.25) is 0 Å². The Kier molecular flexibility index (Phi) is 6.58. The number of rotatable bonds is 6. The predicted molar refractivity (Wildman–Crippen MR) is 123 cm³/mol. The summed E-state index contributed by atoms with van der Waals surface area (Å²) in [6.45, 7) is 5.12. The first kappa shape index (κ1) is 22.1. The number of nitrogens with zero attached hydrogens (tertiary/aromatic N) is 1. The second kappa shape index (κ2) is 9.55. The van der Waals surface area contributed by atoms with Gasteiger partial charge in [0.2, 0.25) is 5.91 Å². The van der Waals surface area contributed by atoms with E-state index in [1.54, 1.807) is 12.1 Å². The number of likely N-dealkylation sites (tertiary alicyclic amines) is 1. The molecular weight excluding hydrogens is 402 g/mol. The van der Waals surface area contributed by atoms with E-state index in [4.69, 9.17) is 0 Å². The van der Waals surface area contributed by atoms with E-state index in [2.05, 4.69) is 10.6 Å². The Morgan fingerprint density at radius 2 is 1.34 bits per heavy atom. The number of benzene rings is 2. The summed E-state index contributed by atoms with van der Waals surface area (Å²) in [6.07, 6.45) is 3.34. The molecule has 1 saturated heterocycles. The monoisotopic (exact) mass is 433 g/mol. The van der Waals surface area contributed by atoms with Crippen molar-refractivity contribution < 1.29 is 14.4 Å². The van der Waals surface area contributed by atoms with Gasteiger partial charge in [-0.1, -0.05) is 35.4 Å². The van der Waals surface area contributed by atoms with Crippen molar-refractivity contribution in [3.63, 3.8) is 0 Å². The second-order valence-electron chi connectivity index (χ2n) is 9.10. The van der Waals surface area contributed by atoms with E-state index in [0.29, 0.717) is 37.1 Å². The molecule has 6 heteroatoms. The molecule has 2 fully saturated rings. The fourth-order valence-corrected chi connectivity index (χ4v) is 4.16. The van der Waals surface area contributed by atoms with E-state index in [1.807, 2.05) is 55.1 Å². The molecule has 2 aromatic carbocycles. The van der Waals surface area contributed by atoms with Gasteiger partial charge in [0.25, 0.3) is 11.8 Å². The van der Waals surface area contributed by atoms with E-state index in [-0.39, 0.29) is 29.7 Å². The molecular formula is C26H31N3O3. The molecule has 0 radical (unpaired) electrons. The number of amides is 3. The van der Waals surface area contributed by atoms with Crippen LogP contribution in [0, 0.1) is 19.8 Å². The highest BCUT2D eigenvalue weighted by atomic mass is 16.2. The first-order valence-corrected chi connectivity index (χ1v) is 11.4. The molecule has 1 atom stereocenters. The third-order valence-corrected chi connectivity index (χ3v) is 6.40. The number of piperidine rings is 1. The molecule has 1 aliphatic heterocycles. The van der Waals surface area contributed by atoms with Crippen molar-refractivity contribution in [1.82, 2.24) is 15.5 Å². The topological polar surface area (TPSA) is 78.5 Å². The van der Waals surface area contributed by atoms with Gasteiger partial charge in [0.1, 0.15) is 6.04 Å². The minimum Gasteiger partial charge on any atom is -0.352 e. The summed E-state index contributed by atoms with van der Waals surface area (Å²) in [5.41, 5.74) is 3.43. The van der Waals surface area contributed by atoms with Crippen LogP contribution in [0.1, 0.15) is 57.5 Å². The number of nitrogens with one attached hydrogen (secondary N) is 2. The summed E-state index contributed by atoms with van der Waals surface area (Å²) in [6, 6.07) is 14.6. The van der Waals surface area contributed by atoms with Crippen molar-refractivity contribution in [2.24, 2.45) is 5.92 Å². The third-order valence-electron chi connectivity index (χ3n) is 6.40. The lowest BCUT2D eigenvalue weighted by molar-refractivity contribution is -0.124. The maximum absolute atomic E-state index is 13.0. The molecule has 0 bridgehead atoms. The number of hydrogen-bond donors (Lipinski definition) is 2. The summed E-state index contributed by atoms with van der Waals surface area (Å²) in [5.74, 6) is -0.341. The molecule has 32 heavy (non-hydrogen) atoms. The maximum Gasteiger partial charge on any atom is 0.253 e. The van der Waals surface area contributed by atoms with Gasteiger partial charge >= 0.3 is 0 Å². The van der Waals surface area contributed by atoms with Crippen LogP contribution in [-0.4, -0.2) is 47.8 Å². The van der Waals surface area contributed by atoms with Gasteiger partial charge in [-0.3, -0.25) is 14.4 Å². The van der Waals surface area contributed by atoms with Gasteiger partial charge < -0.3 is 15.5 Å². The van der Waals surface area contributed by atoms with Crippen LogP contribution in [-0.2, 0) is 4.79 Å². The molecule has 1 aliphatic carbocycles. The highest BCUT2D eigenvalue weighted by Gasteiger charge is 2.36. The minimum absolute atomic E-state index is 0.00906. The second-order valence-corrected chi connectivity index (χ2v) is 9.10. The van der Waals surface area contributed by atoms with Crippen molar-refractivity contribution >= 4 is 17.7 Å². The molecule has 1 saturated carbocycles. The highest BCUT2D eigenvalue weighted by molar-refractivity contribution is 5.98. The normalized spacial score (nSPS) is 17.5. The summed E-state index contributed by atoms with van der Waals surface area (Å²) in [5, 5.41) is 6.03. The standard InChI is InChI=1S/C26H31N3O3/c1-17-3-7-20(8-4-17)24(30)28-23(25(31)27-22-11-12-22)19-13-15-29(16-14-19)26(32)21-9-5-18(2)6-10-21/h3-10,19,22-23H,11-16H2,1-2H3,(H,27,31)(H,28,30)/t23-/m0/s1. The van der Waals surface area contributed by atoms with E-state index in [0.717, 1.165) is 24.0 Å². The van der Waals surface area contributed by atoms with E-state index >= 15 is 0 Å². The number of carbonyl (C=O) groups is 3. The molecule has 1 heterocycles. The quantitative estimate of drug-likeness (QED) is 0.734. The van der Waals surface area contributed by atoms with E-state index < -0.39 is 6.04 Å². The fourth-order valence-electron chi connectivity index (χ4n) is 4.16. The van der Waals surface area contributed by atoms with Gasteiger partial charge in [0, 0.05) is 30.3 Å². The molecule has 2 aromatic rings. The maximum atomic E-state index is 13.0. The van der Waals surface area contributed by atoms with Crippen LogP contribution in [0.4, 0.5) is 0 Å². The van der Waals surface area contributed by atoms with Crippen LogP contribution < -0.4 is 10.6 Å². The lowest BCUT2D eigenvalue weighted by Gasteiger charge is -2.36. The SMILES string of the molecule is Cc1ccc(C(=O)N[C@H](C(=O)NC2CC2)C2CCN(C(=O)c3ccc(C)cc3)CC2)cc1. The molecule has 0 aromatic heterocycles. The first-order valence-electron chi connectivity index (χ1n) is 11.4. The molecule has 0 unspecified atom stereocenters. The van der Waals surface area contributed by atoms with Gasteiger partial charge in [0.15, 0.2) is 0 Å². The molecule has 2 aliphatic rings. The summed E-state index contributed by atoms with van der Waals surface area (Å²) in [4.78, 5) is 40.5. The Morgan fingerprint density at radius 1 is 0.812 bits per heavy atom. The zero-order chi connectivity index (χ0) is 22.7. The van der Waals surface area contributed by atoms with Crippen molar-refractivity contribution in [2.45, 2.75) is 51.6 Å². The predicted octanol–water partition coefficient (Wildman–Crippen LogP) is 3.23. The van der Waals surface area contributed by atoms with Crippen molar-refractivity contribution in [2.75, 3.05) is 13.1 Å². The first-order chi connectivity index (χ1) is 15.4. The Labute approximate surface area is 189 Å². The van der Waals surface area contributed by atoms with E-state index in [9.17, 15) is 14.4 Å². The third kappa shape index (κ3) is 5.36. The lowest BCUT2D eigenvalue weighted by atomic mass is 9.88. The van der Waals surface area contributed by atoms with Gasteiger partial charge in [-0.05, 0) is 69.7 Å². The number of hydrogen-bond acceptors (Lipinski definition) is 3. The molecule has 0 spiro atoms. The summed E-state index contributed by atoms with van der Waals surface area (Å²) >= 11 is 0. The summed E-state index contributed by atoms with van der Waals surface area (Å²) in [7, 11) is 0. The average Bonchev–Trinajstić information content (AvgIpc) is 3.62. The van der Waals surface area contributed by atoms with Crippen LogP contribution >= 0.6 is 0 Å². The zero-order valence-electron chi connectivity index (χ0n) is 18.8. The smallest absolute Gasteiger partial charge is 0.253 e. The molecule has 2 N–H and O–H groups in total. The molecule has 168 valence electrons. The molecule has 3 amide bonds. The lowest BCUT2D eigenvalue weighted by Crippen LogP contribution is -2.54. The van der Waals surface area contributed by atoms with Gasteiger partial charge in [-0.15, -0.1) is 0 Å². The zero-order valence-corrected chi connectivity index (χ0v) is 18.8. The van der Waals surface area contributed by atoms with Crippen LogP contribution in [0.5, 0.6) is 0 Å². The minimum atomic E-state index is -0.596. The van der Waals surface area contributed by atoms with Crippen molar-refractivity contribution in [3.05, 3.63) is 70.8 Å². The largest absolute Gasteiger partial charge is 0.352 e. The number of aryl methyl sites for hydroxylation is 2. The Bertz CT molecular complexity index is 972. The Hall–Kier alpha value is -3.15. The van der Waals surface area contributed by atoms with Gasteiger partial charge in [-0.25, -0.2) is 0 Å². The van der Waals surface area contributed by atoms with Crippen molar-refractivity contribution in [3.8, 4) is 0 Å². The van der Waals surface area contributed by atoms with E-state index in [1.165, 1.54) is 0 Å². The number of carbonyl (C=O) groups excluding carboxylic acids is 3. The van der Waals surface area contributed by atoms with Gasteiger partial charge in [0.05, 0.1) is 0 Å². The van der Waals surface area contributed by atoms with Gasteiger partial charge in [-0.2, -0.15) is 0 Å². The fraction of sp³-hybridized carbons (Fsp3) is 0.423. The summed E-state index contributed by atoms with van der Waals surface area (Å²) < 4.78 is 0. The van der Waals surface area contributed by atoms with Crippen molar-refractivity contribution in [1.29, 1.82) is 0 Å².